The summed E-state index contributed by atoms with van der Waals surface area (Å²) in [5.74, 6) is 1.50. The van der Waals surface area contributed by atoms with Gasteiger partial charge in [-0.25, -0.2) is 4.79 Å². The average molecular weight is 346 g/mol. The topological polar surface area (TPSA) is 50.4 Å². The molecule has 0 unspecified atom stereocenters. The van der Waals surface area contributed by atoms with E-state index >= 15 is 0 Å². The molecule has 0 fully saturated rings. The first kappa shape index (κ1) is 17.5. The van der Waals surface area contributed by atoms with Crippen LogP contribution in [0.25, 0.3) is 0 Å². The van der Waals surface area contributed by atoms with Crippen molar-refractivity contribution >= 4 is 11.7 Å². The number of amides is 2. The number of carbonyl (C=O) groups excluding carboxylic acids is 1. The molecule has 0 radical (unpaired) electrons. The molecule has 0 bridgehead atoms. The maximum Gasteiger partial charge on any atom is 0.319 e. The first-order valence-corrected chi connectivity index (χ1v) is 8.62. The van der Waals surface area contributed by atoms with Crippen LogP contribution >= 0.6 is 0 Å². The van der Waals surface area contributed by atoms with Crippen LogP contribution in [0.1, 0.15) is 11.1 Å². The van der Waals surface area contributed by atoms with Crippen LogP contribution in [0.15, 0.2) is 78.9 Å². The molecular weight excluding hydrogens is 324 g/mol. The molecule has 26 heavy (non-hydrogen) atoms. The van der Waals surface area contributed by atoms with E-state index in [1.54, 1.807) is 0 Å². The third-order valence-electron chi connectivity index (χ3n) is 3.91. The number of aryl methyl sites for hydroxylation is 1. The van der Waals surface area contributed by atoms with Crippen LogP contribution in [-0.2, 0) is 6.42 Å². The summed E-state index contributed by atoms with van der Waals surface area (Å²) in [7, 11) is 0. The van der Waals surface area contributed by atoms with E-state index < -0.39 is 0 Å². The molecule has 0 aliphatic rings. The number of rotatable bonds is 6. The van der Waals surface area contributed by atoms with Gasteiger partial charge in [-0.1, -0.05) is 48.0 Å². The van der Waals surface area contributed by atoms with E-state index in [2.05, 4.69) is 41.8 Å². The zero-order valence-electron chi connectivity index (χ0n) is 14.7. The van der Waals surface area contributed by atoms with Gasteiger partial charge in [0.1, 0.15) is 11.5 Å². The van der Waals surface area contributed by atoms with E-state index in [1.807, 2.05) is 54.6 Å². The van der Waals surface area contributed by atoms with Gasteiger partial charge in [0.15, 0.2) is 0 Å². The van der Waals surface area contributed by atoms with Gasteiger partial charge in [-0.05, 0) is 55.3 Å². The fourth-order valence-electron chi connectivity index (χ4n) is 2.48. The molecule has 0 atom stereocenters. The quantitative estimate of drug-likeness (QED) is 0.648. The minimum atomic E-state index is -0.214. The predicted octanol–water partition coefficient (Wildman–Crippen LogP) is 5.15. The molecule has 2 N–H and O–H groups in total. The SMILES string of the molecule is Cc1ccc(CCNC(=O)Nc2ccc(Oc3ccccc3)cc2)cc1. The largest absolute Gasteiger partial charge is 0.457 e. The second-order valence-electron chi connectivity index (χ2n) is 6.06. The molecule has 0 saturated carbocycles. The van der Waals surface area contributed by atoms with Crippen LogP contribution in [0, 0.1) is 6.92 Å². The average Bonchev–Trinajstić information content (AvgIpc) is 2.66. The number of para-hydroxylation sites is 1. The van der Waals surface area contributed by atoms with Crippen LogP contribution < -0.4 is 15.4 Å². The number of carbonyl (C=O) groups is 1. The molecule has 3 rings (SSSR count). The van der Waals surface area contributed by atoms with Crippen molar-refractivity contribution in [2.75, 3.05) is 11.9 Å². The van der Waals surface area contributed by atoms with Crippen LogP contribution in [0.2, 0.25) is 0 Å². The number of benzene rings is 3. The minimum Gasteiger partial charge on any atom is -0.457 e. The molecule has 0 aliphatic carbocycles. The Kier molecular flexibility index (Phi) is 5.88. The summed E-state index contributed by atoms with van der Waals surface area (Å²) in [6.07, 6.45) is 0.803. The number of urea groups is 1. The number of anilines is 1. The number of hydrogen-bond donors (Lipinski definition) is 2. The monoisotopic (exact) mass is 346 g/mol. The Morgan fingerprint density at radius 2 is 1.50 bits per heavy atom. The Morgan fingerprint density at radius 1 is 0.846 bits per heavy atom. The molecule has 4 nitrogen and oxygen atoms in total. The summed E-state index contributed by atoms with van der Waals surface area (Å²) >= 11 is 0. The second kappa shape index (κ2) is 8.72. The number of hydrogen-bond acceptors (Lipinski definition) is 2. The highest BCUT2D eigenvalue weighted by Gasteiger charge is 2.02. The summed E-state index contributed by atoms with van der Waals surface area (Å²) in [6.45, 7) is 2.65. The van der Waals surface area contributed by atoms with Crippen LogP contribution in [0.5, 0.6) is 11.5 Å². The van der Waals surface area contributed by atoms with E-state index in [1.165, 1.54) is 11.1 Å². The van der Waals surface area contributed by atoms with Crippen molar-refractivity contribution in [3.8, 4) is 11.5 Å². The van der Waals surface area contributed by atoms with Crippen molar-refractivity contribution in [1.29, 1.82) is 0 Å². The predicted molar refractivity (Wildman–Crippen MR) is 105 cm³/mol. The van der Waals surface area contributed by atoms with Gasteiger partial charge in [-0.2, -0.15) is 0 Å². The highest BCUT2D eigenvalue weighted by atomic mass is 16.5. The maximum atomic E-state index is 12.0. The number of ether oxygens (including phenoxy) is 1. The van der Waals surface area contributed by atoms with Crippen LogP contribution in [0.4, 0.5) is 10.5 Å². The van der Waals surface area contributed by atoms with Gasteiger partial charge in [0, 0.05) is 12.2 Å². The molecule has 4 heteroatoms. The molecule has 0 aromatic heterocycles. The Labute approximate surface area is 153 Å². The van der Waals surface area contributed by atoms with Crippen molar-refractivity contribution in [2.24, 2.45) is 0 Å². The van der Waals surface area contributed by atoms with Crippen molar-refractivity contribution in [2.45, 2.75) is 13.3 Å². The lowest BCUT2D eigenvalue weighted by Crippen LogP contribution is -2.30. The third-order valence-corrected chi connectivity index (χ3v) is 3.91. The van der Waals surface area contributed by atoms with E-state index in [-0.39, 0.29) is 6.03 Å². The van der Waals surface area contributed by atoms with Gasteiger partial charge in [0.25, 0.3) is 0 Å². The Balaban J connectivity index is 1.44. The summed E-state index contributed by atoms with van der Waals surface area (Å²) < 4.78 is 5.73. The molecule has 0 heterocycles. The van der Waals surface area contributed by atoms with E-state index in [0.717, 1.165) is 23.6 Å². The van der Waals surface area contributed by atoms with E-state index in [0.29, 0.717) is 6.54 Å². The molecule has 132 valence electrons. The van der Waals surface area contributed by atoms with Gasteiger partial charge >= 0.3 is 6.03 Å². The summed E-state index contributed by atoms with van der Waals surface area (Å²) in [4.78, 5) is 12.0. The Bertz CT molecular complexity index is 828. The van der Waals surface area contributed by atoms with Crippen molar-refractivity contribution in [3.63, 3.8) is 0 Å². The molecule has 3 aromatic rings. The van der Waals surface area contributed by atoms with Crippen molar-refractivity contribution < 1.29 is 9.53 Å². The Morgan fingerprint density at radius 3 is 2.19 bits per heavy atom. The van der Waals surface area contributed by atoms with Gasteiger partial charge in [0.2, 0.25) is 0 Å². The van der Waals surface area contributed by atoms with Gasteiger partial charge < -0.3 is 15.4 Å². The molecule has 0 saturated heterocycles. The van der Waals surface area contributed by atoms with Crippen LogP contribution in [0.3, 0.4) is 0 Å². The van der Waals surface area contributed by atoms with Crippen molar-refractivity contribution in [3.05, 3.63) is 90.0 Å². The summed E-state index contributed by atoms with van der Waals surface area (Å²) in [5, 5.41) is 5.69. The van der Waals surface area contributed by atoms with Gasteiger partial charge in [-0.15, -0.1) is 0 Å². The highest BCUT2D eigenvalue weighted by molar-refractivity contribution is 5.89. The molecule has 2 amide bonds. The number of nitrogens with one attached hydrogen (secondary N) is 2. The van der Waals surface area contributed by atoms with Gasteiger partial charge in [-0.3, -0.25) is 0 Å². The fourth-order valence-corrected chi connectivity index (χ4v) is 2.48. The maximum absolute atomic E-state index is 12.0. The molecular formula is C22H22N2O2. The molecule has 0 spiro atoms. The zero-order valence-corrected chi connectivity index (χ0v) is 14.7. The lowest BCUT2D eigenvalue weighted by Gasteiger charge is -2.09. The summed E-state index contributed by atoms with van der Waals surface area (Å²) in [5.41, 5.74) is 3.16. The lowest BCUT2D eigenvalue weighted by molar-refractivity contribution is 0.252. The molecule has 0 aliphatic heterocycles. The normalized spacial score (nSPS) is 10.2. The van der Waals surface area contributed by atoms with Gasteiger partial charge in [0.05, 0.1) is 0 Å². The third kappa shape index (κ3) is 5.38. The Hall–Kier alpha value is -3.27. The zero-order chi connectivity index (χ0) is 18.2. The smallest absolute Gasteiger partial charge is 0.319 e. The fraction of sp³-hybridized carbons (Fsp3) is 0.136. The minimum absolute atomic E-state index is 0.214. The van der Waals surface area contributed by atoms with E-state index in [9.17, 15) is 4.79 Å². The summed E-state index contributed by atoms with van der Waals surface area (Å²) in [6, 6.07) is 25.0. The highest BCUT2D eigenvalue weighted by Crippen LogP contribution is 2.22. The standard InChI is InChI=1S/C22H22N2O2/c1-17-7-9-18(10-8-17)15-16-23-22(25)24-19-11-13-21(14-12-19)26-20-5-3-2-4-6-20/h2-14H,15-16H2,1H3,(H2,23,24,25). The lowest BCUT2D eigenvalue weighted by atomic mass is 10.1. The first-order valence-electron chi connectivity index (χ1n) is 8.62. The molecule has 3 aromatic carbocycles. The van der Waals surface area contributed by atoms with E-state index in [4.69, 9.17) is 4.74 Å². The first-order chi connectivity index (χ1) is 12.7. The van der Waals surface area contributed by atoms with Crippen molar-refractivity contribution in [1.82, 2.24) is 5.32 Å². The van der Waals surface area contributed by atoms with Crippen LogP contribution in [-0.4, -0.2) is 12.6 Å². The second-order valence-corrected chi connectivity index (χ2v) is 6.06.